The standard InChI is InChI=1S/C20H26N2O2S/c23-17(12-14-7-8-15-5-1-2-6-16(15)11-14)19-18(21-13-25-19)20(24)22-9-3-4-10-22/h1-2,5-6,14,18-19,21H,3-4,7-13H2/t14?,18-,19?/m0/s1. The molecule has 2 unspecified atom stereocenters. The van der Waals surface area contributed by atoms with Crippen molar-refractivity contribution in [3.8, 4) is 0 Å². The molecular formula is C20H26N2O2S. The quantitative estimate of drug-likeness (QED) is 0.898. The van der Waals surface area contributed by atoms with E-state index in [0.717, 1.165) is 45.2 Å². The van der Waals surface area contributed by atoms with Crippen molar-refractivity contribution in [2.45, 2.75) is 49.8 Å². The largest absolute Gasteiger partial charge is 0.341 e. The number of hydrogen-bond donors (Lipinski definition) is 1. The number of benzene rings is 1. The number of ketones is 1. The summed E-state index contributed by atoms with van der Waals surface area (Å²) in [5.41, 5.74) is 2.83. The van der Waals surface area contributed by atoms with E-state index >= 15 is 0 Å². The van der Waals surface area contributed by atoms with Crippen LogP contribution < -0.4 is 5.32 Å². The fourth-order valence-corrected chi connectivity index (χ4v) is 5.55. The highest BCUT2D eigenvalue weighted by molar-refractivity contribution is 8.00. The summed E-state index contributed by atoms with van der Waals surface area (Å²) in [5.74, 6) is 1.52. The van der Waals surface area contributed by atoms with Crippen molar-refractivity contribution >= 4 is 23.5 Å². The van der Waals surface area contributed by atoms with E-state index in [1.165, 1.54) is 11.1 Å². The Kier molecular flexibility index (Phi) is 5.13. The molecule has 4 nitrogen and oxygen atoms in total. The topological polar surface area (TPSA) is 49.4 Å². The number of fused-ring (bicyclic) bond motifs is 1. The van der Waals surface area contributed by atoms with E-state index < -0.39 is 0 Å². The highest BCUT2D eigenvalue weighted by Crippen LogP contribution is 2.31. The van der Waals surface area contributed by atoms with Crippen LogP contribution >= 0.6 is 11.8 Å². The minimum absolute atomic E-state index is 0.134. The van der Waals surface area contributed by atoms with E-state index in [1.807, 2.05) is 4.90 Å². The van der Waals surface area contributed by atoms with E-state index in [1.54, 1.807) is 11.8 Å². The summed E-state index contributed by atoms with van der Waals surface area (Å²) >= 11 is 1.61. The van der Waals surface area contributed by atoms with Gasteiger partial charge in [0.05, 0.1) is 5.25 Å². The van der Waals surface area contributed by atoms with Gasteiger partial charge in [-0.2, -0.15) is 0 Å². The molecule has 1 aromatic carbocycles. The summed E-state index contributed by atoms with van der Waals surface area (Å²) in [6.45, 7) is 1.70. The Morgan fingerprint density at radius 3 is 2.72 bits per heavy atom. The first-order chi connectivity index (χ1) is 12.2. The molecule has 0 saturated carbocycles. The molecule has 2 saturated heterocycles. The molecule has 2 heterocycles. The number of nitrogens with zero attached hydrogens (tertiary/aromatic N) is 1. The molecule has 134 valence electrons. The van der Waals surface area contributed by atoms with Crippen molar-refractivity contribution in [1.29, 1.82) is 0 Å². The molecule has 2 aliphatic heterocycles. The fraction of sp³-hybridized carbons (Fsp3) is 0.600. The number of hydrogen-bond acceptors (Lipinski definition) is 4. The maximum atomic E-state index is 12.9. The summed E-state index contributed by atoms with van der Waals surface area (Å²) in [6, 6.07) is 8.27. The van der Waals surface area contributed by atoms with Crippen LogP contribution in [0.4, 0.5) is 0 Å². The van der Waals surface area contributed by atoms with Gasteiger partial charge in [-0.25, -0.2) is 0 Å². The summed E-state index contributed by atoms with van der Waals surface area (Å²) < 4.78 is 0. The van der Waals surface area contributed by atoms with Crippen LogP contribution in [-0.4, -0.2) is 46.8 Å². The minimum atomic E-state index is -0.313. The van der Waals surface area contributed by atoms with Crippen molar-refractivity contribution in [2.75, 3.05) is 19.0 Å². The minimum Gasteiger partial charge on any atom is -0.341 e. The molecule has 1 amide bonds. The molecule has 0 radical (unpaired) electrons. The average molecular weight is 359 g/mol. The predicted molar refractivity (Wildman–Crippen MR) is 101 cm³/mol. The third kappa shape index (κ3) is 3.63. The zero-order valence-electron chi connectivity index (χ0n) is 14.6. The highest BCUT2D eigenvalue weighted by atomic mass is 32.2. The van der Waals surface area contributed by atoms with Gasteiger partial charge in [0.2, 0.25) is 5.91 Å². The smallest absolute Gasteiger partial charge is 0.241 e. The molecule has 0 spiro atoms. The number of nitrogens with one attached hydrogen (secondary N) is 1. The molecule has 1 aromatic rings. The first kappa shape index (κ1) is 17.1. The third-order valence-electron chi connectivity index (χ3n) is 5.81. The number of likely N-dealkylation sites (tertiary alicyclic amines) is 1. The molecule has 0 bridgehead atoms. The Hall–Kier alpha value is -1.33. The van der Waals surface area contributed by atoms with Crippen LogP contribution in [0.15, 0.2) is 24.3 Å². The number of aryl methyl sites for hydroxylation is 1. The molecule has 3 atom stereocenters. The van der Waals surface area contributed by atoms with Crippen molar-refractivity contribution in [2.24, 2.45) is 5.92 Å². The lowest BCUT2D eigenvalue weighted by molar-refractivity contribution is -0.134. The van der Waals surface area contributed by atoms with Gasteiger partial charge in [0.15, 0.2) is 0 Å². The molecule has 0 aromatic heterocycles. The van der Waals surface area contributed by atoms with Gasteiger partial charge in [-0.1, -0.05) is 24.3 Å². The van der Waals surface area contributed by atoms with Crippen molar-refractivity contribution < 1.29 is 9.59 Å². The van der Waals surface area contributed by atoms with Gasteiger partial charge in [0.25, 0.3) is 0 Å². The molecule has 1 aliphatic carbocycles. The average Bonchev–Trinajstić information content (AvgIpc) is 3.33. The molecular weight excluding hydrogens is 332 g/mol. The maximum absolute atomic E-state index is 12.9. The first-order valence-electron chi connectivity index (χ1n) is 9.45. The number of amides is 1. The number of thioether (sulfide) groups is 1. The van der Waals surface area contributed by atoms with Crippen LogP contribution in [0.3, 0.4) is 0 Å². The second-order valence-electron chi connectivity index (χ2n) is 7.49. The van der Waals surface area contributed by atoms with E-state index in [0.29, 0.717) is 18.2 Å². The van der Waals surface area contributed by atoms with E-state index in [-0.39, 0.29) is 23.0 Å². The van der Waals surface area contributed by atoms with Crippen LogP contribution in [-0.2, 0) is 22.4 Å². The Labute approximate surface area is 153 Å². The van der Waals surface area contributed by atoms with Crippen molar-refractivity contribution in [1.82, 2.24) is 10.2 Å². The van der Waals surface area contributed by atoms with Crippen LogP contribution in [0.1, 0.15) is 36.8 Å². The van der Waals surface area contributed by atoms with Gasteiger partial charge < -0.3 is 4.90 Å². The van der Waals surface area contributed by atoms with E-state index in [4.69, 9.17) is 0 Å². The van der Waals surface area contributed by atoms with Crippen LogP contribution in [0.5, 0.6) is 0 Å². The van der Waals surface area contributed by atoms with Gasteiger partial charge in [-0.15, -0.1) is 11.8 Å². The zero-order chi connectivity index (χ0) is 17.2. The lowest BCUT2D eigenvalue weighted by atomic mass is 9.81. The number of rotatable bonds is 4. The van der Waals surface area contributed by atoms with Crippen LogP contribution in [0.2, 0.25) is 0 Å². The summed E-state index contributed by atoms with van der Waals surface area (Å²) in [7, 11) is 0. The van der Waals surface area contributed by atoms with E-state index in [9.17, 15) is 9.59 Å². The summed E-state index contributed by atoms with van der Waals surface area (Å²) in [4.78, 5) is 27.6. The molecule has 25 heavy (non-hydrogen) atoms. The molecule has 5 heteroatoms. The Balaban J connectivity index is 1.38. The molecule has 3 aliphatic rings. The fourth-order valence-electron chi connectivity index (χ4n) is 4.41. The maximum Gasteiger partial charge on any atom is 0.241 e. The van der Waals surface area contributed by atoms with Gasteiger partial charge in [-0.3, -0.25) is 14.9 Å². The monoisotopic (exact) mass is 358 g/mol. The first-order valence-corrected chi connectivity index (χ1v) is 10.5. The van der Waals surface area contributed by atoms with Gasteiger partial charge >= 0.3 is 0 Å². The highest BCUT2D eigenvalue weighted by Gasteiger charge is 2.41. The molecule has 2 fully saturated rings. The van der Waals surface area contributed by atoms with Crippen molar-refractivity contribution in [3.63, 3.8) is 0 Å². The number of Topliss-reactive ketones (excluding diaryl/α,β-unsaturated/α-hetero) is 1. The van der Waals surface area contributed by atoms with Crippen LogP contribution in [0, 0.1) is 5.92 Å². The molecule has 4 rings (SSSR count). The van der Waals surface area contributed by atoms with Gasteiger partial charge in [0, 0.05) is 25.4 Å². The van der Waals surface area contributed by atoms with Crippen LogP contribution in [0.25, 0.3) is 0 Å². The Morgan fingerprint density at radius 2 is 1.92 bits per heavy atom. The predicted octanol–water partition coefficient (Wildman–Crippen LogP) is 2.40. The third-order valence-corrected chi connectivity index (χ3v) is 7.04. The van der Waals surface area contributed by atoms with Gasteiger partial charge in [-0.05, 0) is 49.1 Å². The Morgan fingerprint density at radius 1 is 1.16 bits per heavy atom. The SMILES string of the molecule is O=C(CC1CCc2ccccc2C1)C1SCN[C@@H]1C(=O)N1CCCC1. The molecule has 1 N–H and O–H groups in total. The lowest BCUT2D eigenvalue weighted by Gasteiger charge is -2.27. The zero-order valence-corrected chi connectivity index (χ0v) is 15.4. The second-order valence-corrected chi connectivity index (χ2v) is 8.62. The second kappa shape index (κ2) is 7.50. The summed E-state index contributed by atoms with van der Waals surface area (Å²) in [5, 5.41) is 3.06. The number of carbonyl (C=O) groups excluding carboxylic acids is 2. The van der Waals surface area contributed by atoms with Crippen molar-refractivity contribution in [3.05, 3.63) is 35.4 Å². The Bertz CT molecular complexity index is 657. The van der Waals surface area contributed by atoms with E-state index in [2.05, 4.69) is 29.6 Å². The summed E-state index contributed by atoms with van der Waals surface area (Å²) in [6.07, 6.45) is 5.94. The normalized spacial score (nSPS) is 28.8. The van der Waals surface area contributed by atoms with Gasteiger partial charge in [0.1, 0.15) is 11.8 Å². The lowest BCUT2D eigenvalue weighted by Crippen LogP contribution is -2.49. The number of carbonyl (C=O) groups is 2.